The lowest BCUT2D eigenvalue weighted by Gasteiger charge is -2.34. The second-order valence-corrected chi connectivity index (χ2v) is 7.30. The smallest absolute Gasteiger partial charge is 0.290 e. The molecule has 0 bridgehead atoms. The van der Waals surface area contributed by atoms with E-state index in [0.717, 1.165) is 41.2 Å². The minimum atomic E-state index is -0.250. The fraction of sp³-hybridized carbons (Fsp3) is 0.227. The van der Waals surface area contributed by atoms with Gasteiger partial charge in [-0.2, -0.15) is 0 Å². The summed E-state index contributed by atoms with van der Waals surface area (Å²) in [6, 6.07) is 9.49. The van der Waals surface area contributed by atoms with Crippen molar-refractivity contribution >= 4 is 12.1 Å². The highest BCUT2D eigenvalue weighted by molar-refractivity contribution is 5.40. The number of nitrogens with one attached hydrogen (secondary N) is 1. The van der Waals surface area contributed by atoms with E-state index in [1.165, 1.54) is 0 Å². The first-order valence-electron chi connectivity index (χ1n) is 9.83. The number of pyridine rings is 2. The number of imidazole rings is 1. The molecule has 0 radical (unpaired) electrons. The molecule has 158 valence electrons. The molecule has 1 aliphatic rings. The molecule has 1 unspecified atom stereocenters. The van der Waals surface area contributed by atoms with Gasteiger partial charge >= 0.3 is 0 Å². The molecule has 0 fully saturated rings. The average Bonchev–Trinajstić information content (AvgIpc) is 3.24. The van der Waals surface area contributed by atoms with E-state index < -0.39 is 0 Å². The molecule has 0 aromatic carbocycles. The van der Waals surface area contributed by atoms with Crippen LogP contribution in [0, 0.1) is 6.92 Å². The summed E-state index contributed by atoms with van der Waals surface area (Å²) in [7, 11) is 0. The summed E-state index contributed by atoms with van der Waals surface area (Å²) in [5, 5.41) is 6.89. The highest BCUT2D eigenvalue weighted by atomic mass is 16.3. The molecule has 1 atom stereocenters. The molecule has 0 spiro atoms. The van der Waals surface area contributed by atoms with E-state index >= 15 is 0 Å². The Balaban J connectivity index is 0.000000730. The molecule has 2 N–H and O–H groups in total. The maximum absolute atomic E-state index is 12.6. The normalized spacial score (nSPS) is 15.7. The summed E-state index contributed by atoms with van der Waals surface area (Å²) in [6.45, 7) is 3.14. The predicted molar refractivity (Wildman–Crippen MR) is 114 cm³/mol. The molecule has 4 aromatic heterocycles. The van der Waals surface area contributed by atoms with Gasteiger partial charge in [0.05, 0.1) is 23.8 Å². The molecule has 9 nitrogen and oxygen atoms in total. The first kappa shape index (κ1) is 20.4. The zero-order chi connectivity index (χ0) is 21.8. The molecule has 0 amide bonds. The molecule has 5 heterocycles. The van der Waals surface area contributed by atoms with Crippen LogP contribution in [0.15, 0.2) is 60.0 Å². The summed E-state index contributed by atoms with van der Waals surface area (Å²) in [5.74, 6) is 0. The Kier molecular flexibility index (Phi) is 5.85. The Labute approximate surface area is 178 Å². The monoisotopic (exact) mass is 418 g/mol. The number of carboxylic acid groups (broad SMARTS) is 1. The minimum Gasteiger partial charge on any atom is -0.483 e. The number of aromatic amines is 1. The number of fused-ring (bicyclic) bond motifs is 2. The lowest BCUT2D eigenvalue weighted by Crippen LogP contribution is -2.36. The van der Waals surface area contributed by atoms with Gasteiger partial charge in [0, 0.05) is 49.9 Å². The van der Waals surface area contributed by atoms with E-state index in [2.05, 4.69) is 25.9 Å². The zero-order valence-electron chi connectivity index (χ0n) is 17.0. The van der Waals surface area contributed by atoms with Crippen molar-refractivity contribution in [2.45, 2.75) is 25.9 Å². The van der Waals surface area contributed by atoms with Gasteiger partial charge < -0.3 is 10.1 Å². The third kappa shape index (κ3) is 4.22. The van der Waals surface area contributed by atoms with E-state index in [9.17, 15) is 4.79 Å². The van der Waals surface area contributed by atoms with Crippen molar-refractivity contribution < 1.29 is 9.90 Å². The summed E-state index contributed by atoms with van der Waals surface area (Å²) >= 11 is 0. The number of carbonyl (C=O) groups is 1. The molecule has 1 aliphatic heterocycles. The van der Waals surface area contributed by atoms with Gasteiger partial charge in [0.25, 0.3) is 12.0 Å². The van der Waals surface area contributed by atoms with Gasteiger partial charge in [-0.05, 0) is 30.2 Å². The topological polar surface area (TPSA) is 116 Å². The first-order chi connectivity index (χ1) is 15.1. The molecular formula is C22H22N6O3. The first-order valence-corrected chi connectivity index (χ1v) is 9.83. The standard InChI is InChI=1S/C21H20N6O.CH2O2/c1-14-4-5-18-25-16(9-19(28)27(18)11-14)12-26-8-6-17-20(24-13-23-17)21(26)15-3-2-7-22-10-15;2-1-3/h2-5,7,9-11,13,21H,6,8,12H2,1H3,(H,23,24);1H,(H,2,3). The van der Waals surface area contributed by atoms with Crippen LogP contribution in [0.4, 0.5) is 0 Å². The Morgan fingerprint density at radius 1 is 1.32 bits per heavy atom. The highest BCUT2D eigenvalue weighted by Gasteiger charge is 2.31. The molecule has 9 heteroatoms. The second kappa shape index (κ2) is 8.88. The Morgan fingerprint density at radius 2 is 2.16 bits per heavy atom. The lowest BCUT2D eigenvalue weighted by molar-refractivity contribution is -0.122. The zero-order valence-corrected chi connectivity index (χ0v) is 17.0. The molecule has 5 rings (SSSR count). The maximum Gasteiger partial charge on any atom is 0.290 e. The van der Waals surface area contributed by atoms with Gasteiger partial charge in [-0.1, -0.05) is 12.1 Å². The number of hydrogen-bond acceptors (Lipinski definition) is 6. The van der Waals surface area contributed by atoms with Gasteiger partial charge in [-0.25, -0.2) is 9.97 Å². The number of aryl methyl sites for hydroxylation is 1. The third-order valence-corrected chi connectivity index (χ3v) is 5.25. The molecule has 31 heavy (non-hydrogen) atoms. The summed E-state index contributed by atoms with van der Waals surface area (Å²) in [4.78, 5) is 40.1. The maximum atomic E-state index is 12.6. The van der Waals surface area contributed by atoms with Crippen molar-refractivity contribution in [3.05, 3.63) is 93.8 Å². The highest BCUT2D eigenvalue weighted by Crippen LogP contribution is 2.33. The lowest BCUT2D eigenvalue weighted by atomic mass is 9.96. The van der Waals surface area contributed by atoms with E-state index in [1.54, 1.807) is 23.0 Å². The van der Waals surface area contributed by atoms with Gasteiger partial charge in [-0.3, -0.25) is 23.9 Å². The number of nitrogens with zero attached hydrogens (tertiary/aromatic N) is 5. The predicted octanol–water partition coefficient (Wildman–Crippen LogP) is 1.97. The van der Waals surface area contributed by atoms with Gasteiger partial charge in [-0.15, -0.1) is 0 Å². The van der Waals surface area contributed by atoms with E-state index in [1.807, 2.05) is 37.5 Å². The Morgan fingerprint density at radius 3 is 2.94 bits per heavy atom. The van der Waals surface area contributed by atoms with Crippen LogP contribution in [0.2, 0.25) is 0 Å². The molecular weight excluding hydrogens is 396 g/mol. The number of rotatable bonds is 3. The summed E-state index contributed by atoms with van der Waals surface area (Å²) in [6.07, 6.45) is 8.12. The van der Waals surface area contributed by atoms with E-state index in [4.69, 9.17) is 14.9 Å². The van der Waals surface area contributed by atoms with Gasteiger partial charge in [0.15, 0.2) is 0 Å². The fourth-order valence-corrected chi connectivity index (χ4v) is 3.95. The molecule has 0 aliphatic carbocycles. The second-order valence-electron chi connectivity index (χ2n) is 7.30. The van der Waals surface area contributed by atoms with E-state index in [0.29, 0.717) is 12.2 Å². The summed E-state index contributed by atoms with van der Waals surface area (Å²) < 4.78 is 1.60. The van der Waals surface area contributed by atoms with Crippen LogP contribution in [-0.2, 0) is 17.8 Å². The average molecular weight is 418 g/mol. The minimum absolute atomic E-state index is 0.0121. The summed E-state index contributed by atoms with van der Waals surface area (Å²) in [5.41, 5.74) is 5.68. The largest absolute Gasteiger partial charge is 0.483 e. The SMILES string of the molecule is Cc1ccc2nc(CN3CCc4[nH]cnc4C3c3cccnc3)cc(=O)n2c1.O=CO. The van der Waals surface area contributed by atoms with Crippen LogP contribution >= 0.6 is 0 Å². The van der Waals surface area contributed by atoms with Crippen molar-refractivity contribution in [3.8, 4) is 0 Å². The van der Waals surface area contributed by atoms with Gasteiger partial charge in [0.2, 0.25) is 0 Å². The van der Waals surface area contributed by atoms with Crippen molar-refractivity contribution in [2.24, 2.45) is 0 Å². The van der Waals surface area contributed by atoms with Crippen molar-refractivity contribution in [1.82, 2.24) is 29.2 Å². The van der Waals surface area contributed by atoms with Crippen LogP contribution < -0.4 is 5.56 Å². The van der Waals surface area contributed by atoms with Crippen molar-refractivity contribution in [2.75, 3.05) is 6.54 Å². The van der Waals surface area contributed by atoms with E-state index in [-0.39, 0.29) is 18.1 Å². The fourth-order valence-electron chi connectivity index (χ4n) is 3.95. The van der Waals surface area contributed by atoms with Crippen LogP contribution in [0.5, 0.6) is 0 Å². The van der Waals surface area contributed by atoms with Crippen molar-refractivity contribution in [3.63, 3.8) is 0 Å². The van der Waals surface area contributed by atoms with Crippen molar-refractivity contribution in [1.29, 1.82) is 0 Å². The molecule has 4 aromatic rings. The quantitative estimate of drug-likeness (QED) is 0.489. The Hall–Kier alpha value is -3.85. The number of H-pyrrole nitrogens is 1. The van der Waals surface area contributed by atoms with Crippen LogP contribution in [0.1, 0.15) is 34.3 Å². The third-order valence-electron chi connectivity index (χ3n) is 5.25. The number of hydrogen-bond donors (Lipinski definition) is 2. The van der Waals surface area contributed by atoms with Crippen LogP contribution in [0.25, 0.3) is 5.65 Å². The molecule has 0 saturated carbocycles. The molecule has 0 saturated heterocycles. The van der Waals surface area contributed by atoms with Gasteiger partial charge in [0.1, 0.15) is 5.65 Å². The Bertz CT molecular complexity index is 1250. The van der Waals surface area contributed by atoms with Crippen LogP contribution in [-0.4, -0.2) is 47.4 Å². The number of aromatic nitrogens is 5. The van der Waals surface area contributed by atoms with Crippen LogP contribution in [0.3, 0.4) is 0 Å².